The third-order valence-corrected chi connectivity index (χ3v) is 3.68. The molecule has 1 aliphatic carbocycles. The molecule has 1 fully saturated rings. The fraction of sp³-hybridized carbons (Fsp3) is 0.462. The summed E-state index contributed by atoms with van der Waals surface area (Å²) in [5, 5.41) is 9.07. The zero-order valence-electron chi connectivity index (χ0n) is 10.6. The summed E-state index contributed by atoms with van der Waals surface area (Å²) < 4.78 is 0. The van der Waals surface area contributed by atoms with E-state index in [1.165, 1.54) is 4.90 Å². The van der Waals surface area contributed by atoms with Crippen LogP contribution in [-0.2, 0) is 9.59 Å². The van der Waals surface area contributed by atoms with Crippen LogP contribution in [0.3, 0.4) is 0 Å². The molecule has 2 rings (SSSR count). The molecule has 0 saturated heterocycles. The second kappa shape index (κ2) is 4.08. The van der Waals surface area contributed by atoms with Crippen LogP contribution in [0.15, 0.2) is 24.4 Å². The number of pyridine rings is 1. The Morgan fingerprint density at radius 2 is 2.00 bits per heavy atom. The normalized spacial score (nSPS) is 24.4. The molecule has 1 saturated carbocycles. The van der Waals surface area contributed by atoms with E-state index in [0.29, 0.717) is 5.82 Å². The number of carboxylic acid groups (broad SMARTS) is 1. The predicted molar refractivity (Wildman–Crippen MR) is 66.0 cm³/mol. The molecule has 0 aliphatic heterocycles. The quantitative estimate of drug-likeness (QED) is 0.877. The van der Waals surface area contributed by atoms with Gasteiger partial charge in [0.15, 0.2) is 0 Å². The Morgan fingerprint density at radius 3 is 2.44 bits per heavy atom. The second-order valence-electron chi connectivity index (χ2n) is 5.20. The number of aromatic nitrogens is 1. The zero-order chi connectivity index (χ0) is 13.5. The average Bonchev–Trinajstić information content (AvgIpc) is 2.92. The lowest BCUT2D eigenvalue weighted by Gasteiger charge is -2.16. The summed E-state index contributed by atoms with van der Waals surface area (Å²) in [6.07, 6.45) is 1.60. The second-order valence-corrected chi connectivity index (χ2v) is 5.20. The van der Waals surface area contributed by atoms with Crippen LogP contribution in [-0.4, -0.2) is 29.0 Å². The molecule has 0 aromatic carbocycles. The van der Waals surface area contributed by atoms with E-state index in [9.17, 15) is 9.59 Å². The molecular formula is C13H16N2O3. The van der Waals surface area contributed by atoms with E-state index in [4.69, 9.17) is 5.11 Å². The Labute approximate surface area is 105 Å². The molecule has 5 nitrogen and oxygen atoms in total. The van der Waals surface area contributed by atoms with Crippen LogP contribution < -0.4 is 4.90 Å². The fourth-order valence-corrected chi connectivity index (χ4v) is 2.43. The lowest BCUT2D eigenvalue weighted by molar-refractivity contribution is -0.140. The molecule has 0 bridgehead atoms. The average molecular weight is 248 g/mol. The van der Waals surface area contributed by atoms with E-state index in [0.717, 1.165) is 0 Å². The van der Waals surface area contributed by atoms with Gasteiger partial charge < -0.3 is 5.11 Å². The first-order valence-electron chi connectivity index (χ1n) is 5.78. The summed E-state index contributed by atoms with van der Waals surface area (Å²) in [5.41, 5.74) is -0.480. The molecule has 1 N–H and O–H groups in total. The summed E-state index contributed by atoms with van der Waals surface area (Å²) in [5.74, 6) is -1.63. The fourth-order valence-electron chi connectivity index (χ4n) is 2.43. The summed E-state index contributed by atoms with van der Waals surface area (Å²) in [6, 6.07) is 5.28. The third kappa shape index (κ3) is 1.85. The molecule has 1 aromatic rings. The Hall–Kier alpha value is -1.91. The van der Waals surface area contributed by atoms with Gasteiger partial charge >= 0.3 is 5.97 Å². The van der Waals surface area contributed by atoms with Crippen LogP contribution >= 0.6 is 0 Å². The molecule has 18 heavy (non-hydrogen) atoms. The van der Waals surface area contributed by atoms with E-state index in [1.807, 2.05) is 0 Å². The first kappa shape index (κ1) is 12.5. The van der Waals surface area contributed by atoms with Crippen molar-refractivity contribution in [1.82, 2.24) is 4.98 Å². The molecule has 0 radical (unpaired) electrons. The Balaban J connectivity index is 2.17. The van der Waals surface area contributed by atoms with Gasteiger partial charge in [0.1, 0.15) is 5.82 Å². The van der Waals surface area contributed by atoms with E-state index < -0.39 is 23.2 Å². The molecule has 1 aromatic heterocycles. The maximum absolute atomic E-state index is 12.3. The molecule has 2 atom stereocenters. The van der Waals surface area contributed by atoms with Gasteiger partial charge in [-0.2, -0.15) is 0 Å². The van der Waals surface area contributed by atoms with Gasteiger partial charge in [-0.15, -0.1) is 0 Å². The predicted octanol–water partition coefficient (Wildman–Crippen LogP) is 1.40. The van der Waals surface area contributed by atoms with Crippen molar-refractivity contribution >= 4 is 17.7 Å². The Bertz CT molecular complexity index is 484. The molecule has 1 amide bonds. The van der Waals surface area contributed by atoms with Crippen molar-refractivity contribution in [2.75, 3.05) is 11.9 Å². The van der Waals surface area contributed by atoms with Gasteiger partial charge in [0, 0.05) is 13.2 Å². The number of carboxylic acids is 1. The highest BCUT2D eigenvalue weighted by Crippen LogP contribution is 2.59. The summed E-state index contributed by atoms with van der Waals surface area (Å²) in [4.78, 5) is 28.8. The van der Waals surface area contributed by atoms with E-state index >= 15 is 0 Å². The summed E-state index contributed by atoms with van der Waals surface area (Å²) in [7, 11) is 1.62. The molecule has 0 spiro atoms. The van der Waals surface area contributed by atoms with E-state index in [-0.39, 0.29) is 5.91 Å². The Morgan fingerprint density at radius 1 is 1.33 bits per heavy atom. The number of carbonyl (C=O) groups is 2. The van der Waals surface area contributed by atoms with Crippen LogP contribution in [0.4, 0.5) is 5.82 Å². The maximum Gasteiger partial charge on any atom is 0.307 e. The summed E-state index contributed by atoms with van der Waals surface area (Å²) in [6.45, 7) is 3.61. The van der Waals surface area contributed by atoms with Crippen molar-refractivity contribution in [3.63, 3.8) is 0 Å². The highest BCUT2D eigenvalue weighted by atomic mass is 16.4. The van der Waals surface area contributed by atoms with Crippen molar-refractivity contribution in [3.8, 4) is 0 Å². The number of hydrogen-bond donors (Lipinski definition) is 1. The zero-order valence-corrected chi connectivity index (χ0v) is 10.6. The van der Waals surface area contributed by atoms with Crippen molar-refractivity contribution in [3.05, 3.63) is 24.4 Å². The minimum absolute atomic E-state index is 0.189. The van der Waals surface area contributed by atoms with Crippen molar-refractivity contribution < 1.29 is 14.7 Å². The number of aliphatic carboxylic acids is 1. The van der Waals surface area contributed by atoms with Crippen LogP contribution in [0, 0.1) is 17.3 Å². The standard InChI is InChI=1S/C13H16N2O3/c1-13(2)9(10(13)12(17)18)11(16)15(3)8-6-4-5-7-14-8/h4-7,9-10H,1-3H3,(H,17,18)/t9-,10+/m1/s1. The SMILES string of the molecule is CN(C(=O)[C@H]1[C@@H](C(=O)O)C1(C)C)c1ccccn1. The Kier molecular flexibility index (Phi) is 2.84. The lowest BCUT2D eigenvalue weighted by atomic mass is 10.1. The highest BCUT2D eigenvalue weighted by molar-refractivity contribution is 6.00. The van der Waals surface area contributed by atoms with Gasteiger partial charge in [-0.05, 0) is 17.5 Å². The number of hydrogen-bond acceptors (Lipinski definition) is 3. The molecule has 96 valence electrons. The monoisotopic (exact) mass is 248 g/mol. The lowest BCUT2D eigenvalue weighted by Crippen LogP contribution is -2.30. The molecule has 5 heteroatoms. The molecular weight excluding hydrogens is 232 g/mol. The summed E-state index contributed by atoms with van der Waals surface area (Å²) >= 11 is 0. The van der Waals surface area contributed by atoms with Crippen molar-refractivity contribution in [2.24, 2.45) is 17.3 Å². The van der Waals surface area contributed by atoms with Gasteiger partial charge in [-0.25, -0.2) is 4.98 Å². The van der Waals surface area contributed by atoms with Gasteiger partial charge in [0.2, 0.25) is 5.91 Å². The van der Waals surface area contributed by atoms with Gasteiger partial charge in [-0.3, -0.25) is 14.5 Å². The molecule has 1 heterocycles. The number of amides is 1. The van der Waals surface area contributed by atoms with Gasteiger partial charge in [0.05, 0.1) is 11.8 Å². The first-order chi connectivity index (χ1) is 8.37. The third-order valence-electron chi connectivity index (χ3n) is 3.68. The number of nitrogens with zero attached hydrogens (tertiary/aromatic N) is 2. The minimum atomic E-state index is -0.909. The molecule has 0 unspecified atom stereocenters. The van der Waals surface area contributed by atoms with Crippen LogP contribution in [0.2, 0.25) is 0 Å². The van der Waals surface area contributed by atoms with Crippen molar-refractivity contribution in [2.45, 2.75) is 13.8 Å². The van der Waals surface area contributed by atoms with E-state index in [1.54, 1.807) is 45.3 Å². The maximum atomic E-state index is 12.3. The van der Waals surface area contributed by atoms with Crippen LogP contribution in [0.1, 0.15) is 13.8 Å². The smallest absolute Gasteiger partial charge is 0.307 e. The number of carbonyl (C=O) groups excluding carboxylic acids is 1. The van der Waals surface area contributed by atoms with Crippen LogP contribution in [0.25, 0.3) is 0 Å². The number of anilines is 1. The van der Waals surface area contributed by atoms with E-state index in [2.05, 4.69) is 4.98 Å². The topological polar surface area (TPSA) is 70.5 Å². The number of rotatable bonds is 3. The van der Waals surface area contributed by atoms with Crippen molar-refractivity contribution in [1.29, 1.82) is 0 Å². The minimum Gasteiger partial charge on any atom is -0.481 e. The first-order valence-corrected chi connectivity index (χ1v) is 5.78. The largest absolute Gasteiger partial charge is 0.481 e. The van der Waals surface area contributed by atoms with Crippen LogP contribution in [0.5, 0.6) is 0 Å². The molecule has 1 aliphatic rings. The highest BCUT2D eigenvalue weighted by Gasteiger charge is 2.66. The van der Waals surface area contributed by atoms with Gasteiger partial charge in [0.25, 0.3) is 0 Å². The van der Waals surface area contributed by atoms with Gasteiger partial charge in [-0.1, -0.05) is 19.9 Å².